The largest absolute Gasteiger partial charge is 0.327 e. The van der Waals surface area contributed by atoms with Gasteiger partial charge in [0.05, 0.1) is 29.4 Å². The zero-order chi connectivity index (χ0) is 25.8. The first kappa shape index (κ1) is 26.1. The van der Waals surface area contributed by atoms with E-state index in [1.807, 2.05) is 24.3 Å². The van der Waals surface area contributed by atoms with Crippen molar-refractivity contribution < 1.29 is 18.8 Å². The monoisotopic (exact) mass is 513 g/mol. The van der Waals surface area contributed by atoms with Gasteiger partial charge in [-0.2, -0.15) is 0 Å². The molecule has 4 rings (SSSR count). The molecule has 3 N–H and O–H groups in total. The molecular formula is C26H32FN5O3S. The molecule has 2 aliphatic heterocycles. The number of carbonyl (C=O) groups excluding carboxylic acids is 3. The van der Waals surface area contributed by atoms with Crippen molar-refractivity contribution in [1.82, 2.24) is 20.4 Å². The molecule has 2 fully saturated rings. The molecule has 4 unspecified atom stereocenters. The van der Waals surface area contributed by atoms with E-state index in [0.717, 1.165) is 35.4 Å². The second-order valence-corrected chi connectivity index (χ2v) is 10.3. The van der Waals surface area contributed by atoms with Gasteiger partial charge in [0.15, 0.2) is 0 Å². The van der Waals surface area contributed by atoms with Crippen molar-refractivity contribution in [2.75, 3.05) is 25.2 Å². The summed E-state index contributed by atoms with van der Waals surface area (Å²) < 4.78 is 13.5. The predicted octanol–water partition coefficient (Wildman–Crippen LogP) is 3.52. The minimum absolute atomic E-state index is 0.114. The molecule has 2 aliphatic rings. The standard InChI is InChI=1S/C26H32FN5O3S/c1-4-5-6-16-7-13-19(14-8-16)28-20(33)15-36-24-21-23(31(2)26(35)32(3)25(21)34)29-22(30-24)17-9-11-18(27)12-10-17/h7-14,21-24,29-30H,4-6,15H2,1-3H3,(H,28,33). The highest BCUT2D eigenvalue weighted by Crippen LogP contribution is 2.34. The smallest absolute Gasteiger partial charge is 0.325 e. The summed E-state index contributed by atoms with van der Waals surface area (Å²) in [5.41, 5.74) is 2.72. The van der Waals surface area contributed by atoms with E-state index in [-0.39, 0.29) is 23.4 Å². The molecule has 2 saturated heterocycles. The fraction of sp³-hybridized carbons (Fsp3) is 0.423. The number of halogens is 1. The van der Waals surface area contributed by atoms with Crippen LogP contribution in [0.1, 0.15) is 37.1 Å². The van der Waals surface area contributed by atoms with E-state index >= 15 is 0 Å². The third-order valence-corrected chi connectivity index (χ3v) is 7.83. The van der Waals surface area contributed by atoms with Crippen LogP contribution in [-0.4, -0.2) is 59.0 Å². The molecule has 2 aromatic rings. The SMILES string of the molecule is CCCCc1ccc(NC(=O)CSC2NC(c3ccc(F)cc3)NC3C2C(=O)N(C)C(=O)N3C)cc1. The number of benzene rings is 2. The van der Waals surface area contributed by atoms with E-state index in [1.54, 1.807) is 19.2 Å². The topological polar surface area (TPSA) is 93.8 Å². The Balaban J connectivity index is 1.46. The van der Waals surface area contributed by atoms with Crippen LogP contribution < -0.4 is 16.0 Å². The molecule has 0 radical (unpaired) electrons. The Morgan fingerprint density at radius 1 is 1.06 bits per heavy atom. The molecule has 10 heteroatoms. The molecule has 0 saturated carbocycles. The van der Waals surface area contributed by atoms with Gasteiger partial charge in [-0.3, -0.25) is 25.1 Å². The highest BCUT2D eigenvalue weighted by molar-refractivity contribution is 8.00. The number of urea groups is 1. The summed E-state index contributed by atoms with van der Waals surface area (Å²) in [6.07, 6.45) is 2.26. The average molecular weight is 514 g/mol. The van der Waals surface area contributed by atoms with Crippen LogP contribution >= 0.6 is 11.8 Å². The van der Waals surface area contributed by atoms with Gasteiger partial charge in [-0.15, -0.1) is 11.8 Å². The van der Waals surface area contributed by atoms with Crippen molar-refractivity contribution in [1.29, 1.82) is 0 Å². The number of unbranched alkanes of at least 4 members (excludes halogenated alkanes) is 1. The highest BCUT2D eigenvalue weighted by atomic mass is 32.2. The maximum absolute atomic E-state index is 13.5. The van der Waals surface area contributed by atoms with Gasteiger partial charge >= 0.3 is 6.03 Å². The van der Waals surface area contributed by atoms with Gasteiger partial charge in [-0.05, 0) is 48.2 Å². The van der Waals surface area contributed by atoms with Crippen LogP contribution in [0.3, 0.4) is 0 Å². The second kappa shape index (κ2) is 11.4. The normalized spacial score (nSPS) is 24.0. The van der Waals surface area contributed by atoms with Crippen molar-refractivity contribution in [3.8, 4) is 0 Å². The van der Waals surface area contributed by atoms with E-state index in [2.05, 4.69) is 22.9 Å². The number of anilines is 1. The Morgan fingerprint density at radius 3 is 2.42 bits per heavy atom. The Morgan fingerprint density at radius 2 is 1.75 bits per heavy atom. The van der Waals surface area contributed by atoms with Crippen LogP contribution in [0.2, 0.25) is 0 Å². The number of amides is 4. The molecule has 2 aromatic carbocycles. The lowest BCUT2D eigenvalue weighted by Gasteiger charge is -2.50. The van der Waals surface area contributed by atoms with Crippen molar-refractivity contribution >= 4 is 35.3 Å². The zero-order valence-corrected chi connectivity index (χ0v) is 21.5. The minimum atomic E-state index is -0.606. The first-order valence-electron chi connectivity index (χ1n) is 12.1. The molecule has 4 atom stereocenters. The van der Waals surface area contributed by atoms with Gasteiger partial charge in [-0.25, -0.2) is 9.18 Å². The van der Waals surface area contributed by atoms with E-state index in [4.69, 9.17) is 0 Å². The molecule has 192 valence electrons. The Hall–Kier alpha value is -2.95. The number of nitrogens with zero attached hydrogens (tertiary/aromatic N) is 2. The maximum atomic E-state index is 13.5. The van der Waals surface area contributed by atoms with Crippen LogP contribution in [0.25, 0.3) is 0 Å². The van der Waals surface area contributed by atoms with Crippen molar-refractivity contribution in [3.63, 3.8) is 0 Å². The molecular weight excluding hydrogens is 481 g/mol. The number of hydrogen-bond donors (Lipinski definition) is 3. The fourth-order valence-electron chi connectivity index (χ4n) is 4.54. The van der Waals surface area contributed by atoms with Crippen molar-refractivity contribution in [3.05, 3.63) is 65.5 Å². The fourth-order valence-corrected chi connectivity index (χ4v) is 5.65. The summed E-state index contributed by atoms with van der Waals surface area (Å²) in [6, 6.07) is 13.5. The number of nitrogens with one attached hydrogen (secondary N) is 3. The summed E-state index contributed by atoms with van der Waals surface area (Å²) in [7, 11) is 3.10. The summed E-state index contributed by atoms with van der Waals surface area (Å²) in [5, 5.41) is 9.15. The van der Waals surface area contributed by atoms with Gasteiger partial charge in [-0.1, -0.05) is 37.6 Å². The molecule has 0 bridgehead atoms. The number of thioether (sulfide) groups is 1. The summed E-state index contributed by atoms with van der Waals surface area (Å²) in [5.74, 6) is -1.34. The molecule has 2 heterocycles. The van der Waals surface area contributed by atoms with E-state index in [1.165, 1.54) is 41.4 Å². The molecule has 4 amide bonds. The van der Waals surface area contributed by atoms with Crippen LogP contribution in [0.5, 0.6) is 0 Å². The summed E-state index contributed by atoms with van der Waals surface area (Å²) >= 11 is 1.31. The van der Waals surface area contributed by atoms with Crippen LogP contribution in [0.4, 0.5) is 14.9 Å². The van der Waals surface area contributed by atoms with Gasteiger partial charge in [0.25, 0.3) is 0 Å². The van der Waals surface area contributed by atoms with Gasteiger partial charge in [0.1, 0.15) is 5.82 Å². The molecule has 0 aromatic heterocycles. The Labute approximate surface area is 215 Å². The zero-order valence-electron chi connectivity index (χ0n) is 20.7. The highest BCUT2D eigenvalue weighted by Gasteiger charge is 2.51. The Bertz CT molecular complexity index is 1100. The number of aryl methyl sites for hydroxylation is 1. The molecule has 0 aliphatic carbocycles. The quantitative estimate of drug-likeness (QED) is 0.500. The molecule has 36 heavy (non-hydrogen) atoms. The van der Waals surface area contributed by atoms with Crippen LogP contribution in [0.15, 0.2) is 48.5 Å². The first-order chi connectivity index (χ1) is 17.3. The lowest BCUT2D eigenvalue weighted by atomic mass is 9.96. The van der Waals surface area contributed by atoms with Gasteiger partial charge < -0.3 is 10.2 Å². The van der Waals surface area contributed by atoms with E-state index in [9.17, 15) is 18.8 Å². The first-order valence-corrected chi connectivity index (χ1v) is 13.2. The lowest BCUT2D eigenvalue weighted by Crippen LogP contribution is -2.72. The van der Waals surface area contributed by atoms with Crippen molar-refractivity contribution in [2.45, 2.75) is 43.9 Å². The number of imide groups is 1. The lowest BCUT2D eigenvalue weighted by molar-refractivity contribution is -0.140. The third kappa shape index (κ3) is 5.71. The predicted molar refractivity (Wildman–Crippen MR) is 139 cm³/mol. The number of carbonyl (C=O) groups is 3. The third-order valence-electron chi connectivity index (χ3n) is 6.61. The summed E-state index contributed by atoms with van der Waals surface area (Å²) in [6.45, 7) is 2.16. The number of fused-ring (bicyclic) bond motifs is 1. The summed E-state index contributed by atoms with van der Waals surface area (Å²) in [4.78, 5) is 41.0. The van der Waals surface area contributed by atoms with Crippen molar-refractivity contribution in [2.24, 2.45) is 5.92 Å². The number of rotatable bonds is 8. The Kier molecular flexibility index (Phi) is 8.28. The molecule has 0 spiro atoms. The minimum Gasteiger partial charge on any atom is -0.325 e. The van der Waals surface area contributed by atoms with Gasteiger partial charge in [0.2, 0.25) is 11.8 Å². The van der Waals surface area contributed by atoms with E-state index < -0.39 is 29.7 Å². The molecule has 8 nitrogen and oxygen atoms in total. The van der Waals surface area contributed by atoms with E-state index in [0.29, 0.717) is 0 Å². The average Bonchev–Trinajstić information content (AvgIpc) is 2.89. The maximum Gasteiger partial charge on any atom is 0.327 e. The number of hydrogen-bond acceptors (Lipinski definition) is 6. The van der Waals surface area contributed by atoms with Crippen LogP contribution in [0, 0.1) is 11.7 Å². The van der Waals surface area contributed by atoms with Gasteiger partial charge in [0, 0.05) is 19.8 Å². The van der Waals surface area contributed by atoms with Crippen LogP contribution in [-0.2, 0) is 16.0 Å². The second-order valence-electron chi connectivity index (χ2n) is 9.16.